The van der Waals surface area contributed by atoms with Gasteiger partial charge in [-0.15, -0.1) is 11.6 Å². The Morgan fingerprint density at radius 2 is 2.14 bits per heavy atom. The molecule has 1 unspecified atom stereocenters. The van der Waals surface area contributed by atoms with Crippen LogP contribution in [0, 0.1) is 0 Å². The van der Waals surface area contributed by atoms with Crippen molar-refractivity contribution in [3.8, 4) is 0 Å². The zero-order chi connectivity index (χ0) is 5.91. The van der Waals surface area contributed by atoms with Crippen LogP contribution >= 0.6 is 11.6 Å². The van der Waals surface area contributed by atoms with Crippen molar-refractivity contribution in [3.63, 3.8) is 0 Å². The van der Waals surface area contributed by atoms with Crippen LogP contribution in [0.2, 0.25) is 0 Å². The zero-order valence-corrected chi connectivity index (χ0v) is 5.63. The van der Waals surface area contributed by atoms with Crippen molar-refractivity contribution in [2.24, 2.45) is 5.73 Å². The van der Waals surface area contributed by atoms with E-state index >= 15 is 0 Å². The standard InChI is InChI=1S/C5H12ClN/c1-3-4-5(2,6)7/h3-4,7H2,1-2H3. The van der Waals surface area contributed by atoms with Crippen LogP contribution in [0.5, 0.6) is 0 Å². The molecule has 1 atom stereocenters. The van der Waals surface area contributed by atoms with Gasteiger partial charge in [-0.3, -0.25) is 0 Å². The molecule has 1 nitrogen and oxygen atoms in total. The van der Waals surface area contributed by atoms with Crippen LogP contribution in [-0.2, 0) is 0 Å². The van der Waals surface area contributed by atoms with Crippen molar-refractivity contribution in [3.05, 3.63) is 0 Å². The van der Waals surface area contributed by atoms with Crippen LogP contribution in [0.15, 0.2) is 0 Å². The van der Waals surface area contributed by atoms with Gasteiger partial charge in [-0.2, -0.15) is 0 Å². The number of hydrogen-bond acceptors (Lipinski definition) is 1. The number of halogens is 1. The van der Waals surface area contributed by atoms with Gasteiger partial charge in [0.15, 0.2) is 0 Å². The van der Waals surface area contributed by atoms with E-state index in [-0.39, 0.29) is 0 Å². The summed E-state index contributed by atoms with van der Waals surface area (Å²) in [6, 6.07) is 0. The van der Waals surface area contributed by atoms with Gasteiger partial charge in [-0.05, 0) is 13.3 Å². The van der Waals surface area contributed by atoms with E-state index in [1.54, 1.807) is 0 Å². The summed E-state index contributed by atoms with van der Waals surface area (Å²) in [6.45, 7) is 3.88. The minimum Gasteiger partial charge on any atom is -0.313 e. The number of nitrogens with two attached hydrogens (primary N) is 1. The highest BCUT2D eigenvalue weighted by molar-refractivity contribution is 6.23. The van der Waals surface area contributed by atoms with Gasteiger partial charge < -0.3 is 5.73 Å². The quantitative estimate of drug-likeness (QED) is 0.437. The van der Waals surface area contributed by atoms with Crippen molar-refractivity contribution in [1.29, 1.82) is 0 Å². The Hall–Kier alpha value is 0.250. The van der Waals surface area contributed by atoms with Crippen molar-refractivity contribution in [2.45, 2.75) is 31.7 Å². The summed E-state index contributed by atoms with van der Waals surface area (Å²) in [5, 5.41) is 0. The predicted molar refractivity (Wildman–Crippen MR) is 33.4 cm³/mol. The van der Waals surface area contributed by atoms with E-state index in [1.165, 1.54) is 0 Å². The third-order valence-corrected chi connectivity index (χ3v) is 0.928. The summed E-state index contributed by atoms with van der Waals surface area (Å²) in [4.78, 5) is -0.477. The molecule has 0 rings (SSSR count). The van der Waals surface area contributed by atoms with Gasteiger partial charge in [0, 0.05) is 0 Å². The molecule has 0 heterocycles. The fourth-order valence-corrected chi connectivity index (χ4v) is 0.678. The average Bonchev–Trinajstić information content (AvgIpc) is 1.30. The molecule has 7 heavy (non-hydrogen) atoms. The van der Waals surface area contributed by atoms with E-state index in [2.05, 4.69) is 6.92 Å². The number of rotatable bonds is 2. The molecule has 0 radical (unpaired) electrons. The first-order valence-electron chi connectivity index (χ1n) is 2.54. The molecule has 0 fully saturated rings. The molecule has 2 N–H and O–H groups in total. The SMILES string of the molecule is CCCC(C)(N)Cl. The van der Waals surface area contributed by atoms with E-state index in [4.69, 9.17) is 17.3 Å². The minimum absolute atomic E-state index is 0.477. The largest absolute Gasteiger partial charge is 0.313 e. The normalized spacial score (nSPS) is 18.9. The predicted octanol–water partition coefficient (Wildman–Crippen LogP) is 1.70. The van der Waals surface area contributed by atoms with Crippen LogP contribution in [0.4, 0.5) is 0 Å². The Bertz CT molecular complexity index is 46.5. The fraction of sp³-hybridized carbons (Fsp3) is 1.00. The molecule has 0 aliphatic carbocycles. The third-order valence-electron chi connectivity index (χ3n) is 0.739. The molecule has 0 saturated heterocycles. The summed E-state index contributed by atoms with van der Waals surface area (Å²) in [6.07, 6.45) is 1.94. The van der Waals surface area contributed by atoms with Gasteiger partial charge in [0.05, 0.1) is 5.00 Å². The highest BCUT2D eigenvalue weighted by atomic mass is 35.5. The third kappa shape index (κ3) is 6.25. The topological polar surface area (TPSA) is 26.0 Å². The highest BCUT2D eigenvalue weighted by Gasteiger charge is 2.09. The lowest BCUT2D eigenvalue weighted by Crippen LogP contribution is -2.27. The second kappa shape index (κ2) is 2.53. The Balaban J connectivity index is 3.15. The highest BCUT2D eigenvalue weighted by Crippen LogP contribution is 2.11. The lowest BCUT2D eigenvalue weighted by molar-refractivity contribution is 0.589. The molecule has 0 aromatic rings. The molecule has 2 heteroatoms. The van der Waals surface area contributed by atoms with E-state index < -0.39 is 5.00 Å². The van der Waals surface area contributed by atoms with Gasteiger partial charge in [0.25, 0.3) is 0 Å². The van der Waals surface area contributed by atoms with Crippen molar-refractivity contribution in [1.82, 2.24) is 0 Å². The van der Waals surface area contributed by atoms with Crippen LogP contribution in [0.3, 0.4) is 0 Å². The Morgan fingerprint density at radius 3 is 2.14 bits per heavy atom. The molecule has 0 amide bonds. The molecule has 0 bridgehead atoms. The zero-order valence-electron chi connectivity index (χ0n) is 4.87. The molecular weight excluding hydrogens is 110 g/mol. The maximum absolute atomic E-state index is 5.61. The maximum atomic E-state index is 5.61. The Morgan fingerprint density at radius 1 is 1.71 bits per heavy atom. The summed E-state index contributed by atoms with van der Waals surface area (Å²) in [5.74, 6) is 0. The average molecular weight is 122 g/mol. The molecule has 0 aliphatic heterocycles. The smallest absolute Gasteiger partial charge is 0.0882 e. The lowest BCUT2D eigenvalue weighted by atomic mass is 10.2. The summed E-state index contributed by atoms with van der Waals surface area (Å²) < 4.78 is 0. The molecule has 44 valence electrons. The van der Waals surface area contributed by atoms with Gasteiger partial charge in [0.1, 0.15) is 0 Å². The fourth-order valence-electron chi connectivity index (χ4n) is 0.489. The van der Waals surface area contributed by atoms with Gasteiger partial charge in [-0.1, -0.05) is 13.3 Å². The summed E-state index contributed by atoms with van der Waals surface area (Å²) >= 11 is 5.61. The molecule has 0 aromatic heterocycles. The van der Waals surface area contributed by atoms with Gasteiger partial charge in [-0.25, -0.2) is 0 Å². The van der Waals surface area contributed by atoms with E-state index in [0.717, 1.165) is 12.8 Å². The van der Waals surface area contributed by atoms with Crippen molar-refractivity contribution in [2.75, 3.05) is 0 Å². The van der Waals surface area contributed by atoms with Crippen LogP contribution < -0.4 is 5.73 Å². The molecule has 0 aliphatic rings. The van der Waals surface area contributed by atoms with Gasteiger partial charge in [0.2, 0.25) is 0 Å². The van der Waals surface area contributed by atoms with E-state index in [0.29, 0.717) is 0 Å². The maximum Gasteiger partial charge on any atom is 0.0882 e. The van der Waals surface area contributed by atoms with Gasteiger partial charge >= 0.3 is 0 Å². The van der Waals surface area contributed by atoms with Crippen molar-refractivity contribution >= 4 is 11.6 Å². The molecule has 0 saturated carbocycles. The van der Waals surface area contributed by atoms with Crippen LogP contribution in [-0.4, -0.2) is 5.00 Å². The van der Waals surface area contributed by atoms with E-state index in [9.17, 15) is 0 Å². The molecule has 0 aromatic carbocycles. The minimum atomic E-state index is -0.477. The van der Waals surface area contributed by atoms with Crippen LogP contribution in [0.1, 0.15) is 26.7 Å². The first-order chi connectivity index (χ1) is 3.06. The summed E-state index contributed by atoms with van der Waals surface area (Å²) in [5.41, 5.74) is 5.41. The monoisotopic (exact) mass is 121 g/mol. The second-order valence-electron chi connectivity index (χ2n) is 2.03. The first-order valence-corrected chi connectivity index (χ1v) is 2.92. The molecular formula is C5H12ClN. The second-order valence-corrected chi connectivity index (χ2v) is 2.89. The molecule has 0 spiro atoms. The Kier molecular flexibility index (Phi) is 2.62. The van der Waals surface area contributed by atoms with E-state index in [1.807, 2.05) is 6.92 Å². The summed E-state index contributed by atoms with van der Waals surface area (Å²) in [7, 11) is 0. The Labute approximate surface area is 49.8 Å². The first kappa shape index (κ1) is 7.25. The number of hydrogen-bond donors (Lipinski definition) is 1. The lowest BCUT2D eigenvalue weighted by Gasteiger charge is -2.12. The number of alkyl halides is 1. The van der Waals surface area contributed by atoms with Crippen LogP contribution in [0.25, 0.3) is 0 Å². The van der Waals surface area contributed by atoms with Crippen molar-refractivity contribution < 1.29 is 0 Å².